The second-order valence-corrected chi connectivity index (χ2v) is 8.96. The fourth-order valence-corrected chi connectivity index (χ4v) is 3.65. The van der Waals surface area contributed by atoms with Gasteiger partial charge in [0.05, 0.1) is 4.90 Å². The van der Waals surface area contributed by atoms with Crippen LogP contribution in [0, 0.1) is 0 Å². The van der Waals surface area contributed by atoms with Gasteiger partial charge in [-0.1, -0.05) is 36.4 Å². The quantitative estimate of drug-likeness (QED) is 0.551. The Balaban J connectivity index is 1.86. The van der Waals surface area contributed by atoms with Gasteiger partial charge in [-0.3, -0.25) is 9.59 Å². The summed E-state index contributed by atoms with van der Waals surface area (Å²) in [7, 11) is -0.833. The number of hydrogen-bond donors (Lipinski definition) is 2. The first-order valence-electron chi connectivity index (χ1n) is 9.42. The van der Waals surface area contributed by atoms with E-state index in [1.807, 2.05) is 0 Å². The summed E-state index contributed by atoms with van der Waals surface area (Å²) < 4.78 is 30.8. The van der Waals surface area contributed by atoms with Crippen molar-refractivity contribution in [2.75, 3.05) is 20.7 Å². The third-order valence-electron chi connectivity index (χ3n) is 4.29. The van der Waals surface area contributed by atoms with Gasteiger partial charge in [-0.05, 0) is 30.7 Å². The van der Waals surface area contributed by atoms with Crippen LogP contribution in [0.2, 0.25) is 0 Å². The molecule has 2 aromatic carbocycles. The smallest absolute Gasteiger partial charge is 0.328 e. The number of esters is 1. The van der Waals surface area contributed by atoms with E-state index < -0.39 is 40.5 Å². The van der Waals surface area contributed by atoms with Crippen molar-refractivity contribution in [1.82, 2.24) is 14.9 Å². The number of sulfonamides is 1. The molecule has 2 N–H and O–H groups in total. The maximum Gasteiger partial charge on any atom is 0.328 e. The SMILES string of the molecule is C[C@H](NC(=O)c1ccccc1)C(=O)OCC(=O)NCc1ccccc1S(=O)(=O)N(C)C. The lowest BCUT2D eigenvalue weighted by Gasteiger charge is -2.16. The van der Waals surface area contributed by atoms with Crippen molar-refractivity contribution in [3.8, 4) is 0 Å². The number of carbonyl (C=O) groups excluding carboxylic acids is 3. The molecule has 9 nitrogen and oxygen atoms in total. The van der Waals surface area contributed by atoms with Gasteiger partial charge >= 0.3 is 5.97 Å². The van der Waals surface area contributed by atoms with Gasteiger partial charge in [0.2, 0.25) is 10.0 Å². The van der Waals surface area contributed by atoms with Crippen LogP contribution in [0.4, 0.5) is 0 Å². The third kappa shape index (κ3) is 6.63. The van der Waals surface area contributed by atoms with Crippen molar-refractivity contribution >= 4 is 27.8 Å². The highest BCUT2D eigenvalue weighted by molar-refractivity contribution is 7.89. The zero-order chi connectivity index (χ0) is 23.0. The van der Waals surface area contributed by atoms with Crippen molar-refractivity contribution in [2.45, 2.75) is 24.4 Å². The molecule has 166 valence electrons. The van der Waals surface area contributed by atoms with E-state index in [9.17, 15) is 22.8 Å². The highest BCUT2D eigenvalue weighted by atomic mass is 32.2. The number of benzene rings is 2. The zero-order valence-corrected chi connectivity index (χ0v) is 18.3. The molecule has 10 heteroatoms. The van der Waals surface area contributed by atoms with E-state index >= 15 is 0 Å². The number of nitrogens with one attached hydrogen (secondary N) is 2. The van der Waals surface area contributed by atoms with E-state index in [4.69, 9.17) is 4.74 Å². The number of amides is 2. The summed E-state index contributed by atoms with van der Waals surface area (Å²) in [5.74, 6) is -1.81. The molecule has 2 rings (SSSR count). The average Bonchev–Trinajstić information content (AvgIpc) is 2.76. The third-order valence-corrected chi connectivity index (χ3v) is 6.21. The lowest BCUT2D eigenvalue weighted by atomic mass is 10.2. The first-order valence-corrected chi connectivity index (χ1v) is 10.9. The topological polar surface area (TPSA) is 122 Å². The van der Waals surface area contributed by atoms with Gasteiger partial charge < -0.3 is 15.4 Å². The van der Waals surface area contributed by atoms with Gasteiger partial charge in [-0.25, -0.2) is 17.5 Å². The summed E-state index contributed by atoms with van der Waals surface area (Å²) in [4.78, 5) is 36.2. The first kappa shape index (κ1) is 24.0. The summed E-state index contributed by atoms with van der Waals surface area (Å²) in [6.45, 7) is 0.830. The van der Waals surface area contributed by atoms with Crippen LogP contribution in [-0.2, 0) is 30.9 Å². The molecule has 0 aliphatic rings. The molecule has 0 radical (unpaired) electrons. The predicted molar refractivity (Wildman–Crippen MR) is 113 cm³/mol. The number of rotatable bonds is 9. The Morgan fingerprint density at radius 1 is 1.00 bits per heavy atom. The highest BCUT2D eigenvalue weighted by Gasteiger charge is 2.22. The fourth-order valence-electron chi connectivity index (χ4n) is 2.53. The molecule has 0 aromatic heterocycles. The Morgan fingerprint density at radius 2 is 1.61 bits per heavy atom. The van der Waals surface area contributed by atoms with Crippen molar-refractivity contribution in [3.05, 3.63) is 65.7 Å². The Hall–Kier alpha value is -3.24. The second-order valence-electron chi connectivity index (χ2n) is 6.84. The average molecular weight is 448 g/mol. The molecule has 0 heterocycles. The summed E-state index contributed by atoms with van der Waals surface area (Å²) >= 11 is 0. The van der Waals surface area contributed by atoms with Crippen LogP contribution >= 0.6 is 0 Å². The van der Waals surface area contributed by atoms with E-state index in [2.05, 4.69) is 10.6 Å². The van der Waals surface area contributed by atoms with Crippen molar-refractivity contribution in [3.63, 3.8) is 0 Å². The number of ether oxygens (including phenoxy) is 1. The van der Waals surface area contributed by atoms with E-state index in [0.29, 0.717) is 11.1 Å². The molecule has 0 saturated carbocycles. The molecule has 2 amide bonds. The molecule has 0 saturated heterocycles. The Morgan fingerprint density at radius 3 is 2.26 bits per heavy atom. The van der Waals surface area contributed by atoms with E-state index in [0.717, 1.165) is 4.31 Å². The second kappa shape index (κ2) is 10.7. The Labute approximate surface area is 181 Å². The predicted octanol–water partition coefficient (Wildman–Crippen LogP) is 0.915. The molecule has 1 atom stereocenters. The van der Waals surface area contributed by atoms with Crippen LogP contribution in [0.5, 0.6) is 0 Å². The number of carbonyl (C=O) groups is 3. The summed E-state index contributed by atoms with van der Waals surface area (Å²) in [6, 6.07) is 13.7. The maximum absolute atomic E-state index is 12.4. The maximum atomic E-state index is 12.4. The van der Waals surface area contributed by atoms with Crippen molar-refractivity contribution < 1.29 is 27.5 Å². The number of hydrogen-bond acceptors (Lipinski definition) is 6. The van der Waals surface area contributed by atoms with Crippen molar-refractivity contribution in [1.29, 1.82) is 0 Å². The lowest BCUT2D eigenvalue weighted by molar-refractivity contribution is -0.150. The highest BCUT2D eigenvalue weighted by Crippen LogP contribution is 2.18. The minimum absolute atomic E-state index is 0.0556. The largest absolute Gasteiger partial charge is 0.454 e. The number of nitrogens with zero attached hydrogens (tertiary/aromatic N) is 1. The minimum atomic E-state index is -3.67. The van der Waals surface area contributed by atoms with Gasteiger partial charge in [0.1, 0.15) is 6.04 Å². The molecule has 0 aliphatic carbocycles. The lowest BCUT2D eigenvalue weighted by Crippen LogP contribution is -2.41. The van der Waals surface area contributed by atoms with Gasteiger partial charge in [-0.2, -0.15) is 0 Å². The van der Waals surface area contributed by atoms with Crippen LogP contribution in [0.3, 0.4) is 0 Å². The van der Waals surface area contributed by atoms with E-state index in [1.165, 1.54) is 27.1 Å². The molecule has 0 unspecified atom stereocenters. The molecule has 0 fully saturated rings. The van der Waals surface area contributed by atoms with Crippen LogP contribution in [0.25, 0.3) is 0 Å². The van der Waals surface area contributed by atoms with Gasteiger partial charge in [0, 0.05) is 26.2 Å². The summed E-state index contributed by atoms with van der Waals surface area (Å²) in [5, 5.41) is 5.02. The standard InChI is InChI=1S/C21H25N3O6S/c1-15(23-20(26)16-9-5-4-6-10-16)21(27)30-14-19(25)22-13-17-11-7-8-12-18(17)31(28,29)24(2)3/h4-12,15H,13-14H2,1-3H3,(H,22,25)(H,23,26)/t15-/m0/s1. The summed E-state index contributed by atoms with van der Waals surface area (Å²) in [6.07, 6.45) is 0. The van der Waals surface area contributed by atoms with E-state index in [1.54, 1.807) is 48.5 Å². The fraction of sp³-hybridized carbons (Fsp3) is 0.286. The first-order chi connectivity index (χ1) is 14.6. The van der Waals surface area contributed by atoms with Gasteiger partial charge in [-0.15, -0.1) is 0 Å². The molecule has 0 spiro atoms. The monoisotopic (exact) mass is 447 g/mol. The Kier molecular flexibility index (Phi) is 8.29. The summed E-state index contributed by atoms with van der Waals surface area (Å²) in [5.41, 5.74) is 0.797. The van der Waals surface area contributed by atoms with Gasteiger partial charge in [0.25, 0.3) is 11.8 Å². The zero-order valence-electron chi connectivity index (χ0n) is 17.5. The molecular weight excluding hydrogens is 422 g/mol. The minimum Gasteiger partial charge on any atom is -0.454 e. The molecule has 31 heavy (non-hydrogen) atoms. The van der Waals surface area contributed by atoms with Crippen molar-refractivity contribution in [2.24, 2.45) is 0 Å². The molecule has 2 aromatic rings. The van der Waals surface area contributed by atoms with E-state index in [-0.39, 0.29) is 11.4 Å². The molecule has 0 bridgehead atoms. The normalized spacial score (nSPS) is 12.1. The van der Waals surface area contributed by atoms with Gasteiger partial charge in [0.15, 0.2) is 6.61 Å². The van der Waals surface area contributed by atoms with Crippen LogP contribution in [0.1, 0.15) is 22.8 Å². The molecule has 0 aliphatic heterocycles. The van der Waals surface area contributed by atoms with Crippen LogP contribution in [-0.4, -0.2) is 57.3 Å². The van der Waals surface area contributed by atoms with Crippen LogP contribution < -0.4 is 10.6 Å². The molecular formula is C21H25N3O6S. The Bertz CT molecular complexity index is 1040. The van der Waals surface area contributed by atoms with Crippen LogP contribution in [0.15, 0.2) is 59.5 Å².